The van der Waals surface area contributed by atoms with Gasteiger partial charge in [0.25, 0.3) is 5.91 Å². The van der Waals surface area contributed by atoms with Crippen LogP contribution in [0.25, 0.3) is 0 Å². The average Bonchev–Trinajstić information content (AvgIpc) is 2.73. The van der Waals surface area contributed by atoms with E-state index in [1.807, 2.05) is 0 Å². The van der Waals surface area contributed by atoms with Crippen molar-refractivity contribution in [2.45, 2.75) is 13.0 Å². The third-order valence-corrected chi connectivity index (χ3v) is 4.05. The summed E-state index contributed by atoms with van der Waals surface area (Å²) in [6.07, 6.45) is 0.107. The molecule has 3 rings (SSSR count). The fraction of sp³-hybridized carbons (Fsp3) is 0.0952. The minimum atomic E-state index is -1.17. The summed E-state index contributed by atoms with van der Waals surface area (Å²) in [5.74, 6) is -1.29. The van der Waals surface area contributed by atoms with Crippen LogP contribution < -0.4 is 10.1 Å². The molecule has 1 atom stereocenters. The molecule has 0 aliphatic heterocycles. The number of nitrogens with one attached hydrogen (secondary N) is 1. The third kappa shape index (κ3) is 4.81. The van der Waals surface area contributed by atoms with Crippen LogP contribution >= 0.6 is 0 Å². The largest absolute Gasteiger partial charge is 0.467 e. The van der Waals surface area contributed by atoms with Crippen molar-refractivity contribution in [2.75, 3.05) is 5.32 Å². The lowest BCUT2D eigenvalue weighted by Gasteiger charge is -2.19. The van der Waals surface area contributed by atoms with E-state index in [4.69, 9.17) is 4.74 Å². The molecule has 2 aromatic carbocycles. The molecule has 0 radical (unpaired) electrons. The molecule has 0 aliphatic rings. The average molecular weight is 391 g/mol. The van der Waals surface area contributed by atoms with Crippen LogP contribution in [-0.2, 0) is 4.79 Å². The number of nitro groups is 1. The van der Waals surface area contributed by atoms with Crippen molar-refractivity contribution in [3.8, 4) is 5.75 Å². The second-order valence-electron chi connectivity index (χ2n) is 6.12. The molecule has 1 N–H and O–H groups in total. The van der Waals surface area contributed by atoms with E-state index >= 15 is 0 Å². The van der Waals surface area contributed by atoms with E-state index in [1.165, 1.54) is 25.3 Å². The topological polar surface area (TPSA) is 111 Å². The van der Waals surface area contributed by atoms with E-state index in [1.54, 1.807) is 54.6 Å². The normalized spacial score (nSPS) is 11.3. The van der Waals surface area contributed by atoms with Crippen molar-refractivity contribution in [1.29, 1.82) is 0 Å². The molecule has 0 fully saturated rings. The molecule has 1 amide bonds. The highest BCUT2D eigenvalue weighted by Crippen LogP contribution is 2.29. The number of carbonyl (C=O) groups excluding carboxylic acids is 2. The first-order chi connectivity index (χ1) is 14.0. The molecular weight excluding hydrogens is 374 g/mol. The fourth-order valence-corrected chi connectivity index (χ4v) is 2.66. The van der Waals surface area contributed by atoms with E-state index in [0.29, 0.717) is 16.8 Å². The maximum absolute atomic E-state index is 13.0. The summed E-state index contributed by atoms with van der Waals surface area (Å²) < 4.78 is 5.72. The van der Waals surface area contributed by atoms with E-state index in [0.717, 1.165) is 0 Å². The summed E-state index contributed by atoms with van der Waals surface area (Å²) in [6.45, 7) is 1.43. The molecule has 0 saturated carbocycles. The molecule has 0 aliphatic carbocycles. The Morgan fingerprint density at radius 1 is 1.07 bits per heavy atom. The van der Waals surface area contributed by atoms with Gasteiger partial charge in [0.1, 0.15) is 6.20 Å². The molecule has 8 heteroatoms. The van der Waals surface area contributed by atoms with Gasteiger partial charge in [-0.05, 0) is 41.1 Å². The number of ether oxygens (including phenoxy) is 1. The van der Waals surface area contributed by atoms with Crippen LogP contribution in [0, 0.1) is 10.1 Å². The standard InChI is InChI=1S/C21H17N3O5/c1-14(25)16-9-5-10-17(13-16)23-21(26)19(15-7-3-2-4-8-15)29-18-11-6-12-22-20(18)24(27)28/h2-13,19H,1H3,(H,23,26)/t19-/m1/s1. The predicted octanol–water partition coefficient (Wildman–Crippen LogP) is 3.95. The smallest absolute Gasteiger partial charge is 0.406 e. The van der Waals surface area contributed by atoms with Gasteiger partial charge < -0.3 is 20.2 Å². The van der Waals surface area contributed by atoms with Crippen LogP contribution in [0.3, 0.4) is 0 Å². The Hall–Kier alpha value is -4.07. The number of nitrogens with zero attached hydrogens (tertiary/aromatic N) is 2. The lowest BCUT2D eigenvalue weighted by atomic mass is 10.1. The predicted molar refractivity (Wildman–Crippen MR) is 106 cm³/mol. The van der Waals surface area contributed by atoms with Crippen LogP contribution in [0.1, 0.15) is 28.9 Å². The van der Waals surface area contributed by atoms with Gasteiger partial charge in [0.05, 0.1) is 0 Å². The van der Waals surface area contributed by atoms with Crippen molar-refractivity contribution in [2.24, 2.45) is 0 Å². The molecular formula is C21H17N3O5. The molecule has 146 valence electrons. The van der Waals surface area contributed by atoms with Crippen LogP contribution in [0.2, 0.25) is 0 Å². The summed E-state index contributed by atoms with van der Waals surface area (Å²) in [6, 6.07) is 17.9. The number of ketones is 1. The highest BCUT2D eigenvalue weighted by Gasteiger charge is 2.27. The first-order valence-electron chi connectivity index (χ1n) is 8.68. The van der Waals surface area contributed by atoms with Gasteiger partial charge in [0.15, 0.2) is 5.78 Å². The third-order valence-electron chi connectivity index (χ3n) is 4.05. The number of anilines is 1. The summed E-state index contributed by atoms with van der Waals surface area (Å²) in [4.78, 5) is 38.8. The monoisotopic (exact) mass is 391 g/mol. The Kier molecular flexibility index (Phi) is 5.94. The zero-order valence-electron chi connectivity index (χ0n) is 15.4. The molecule has 1 aromatic heterocycles. The number of pyridine rings is 1. The van der Waals surface area contributed by atoms with E-state index in [-0.39, 0.29) is 11.5 Å². The van der Waals surface area contributed by atoms with Crippen LogP contribution in [0.5, 0.6) is 5.75 Å². The van der Waals surface area contributed by atoms with Crippen molar-refractivity contribution in [1.82, 2.24) is 4.98 Å². The van der Waals surface area contributed by atoms with Gasteiger partial charge in [-0.1, -0.05) is 42.5 Å². The van der Waals surface area contributed by atoms with Gasteiger partial charge in [0.2, 0.25) is 11.9 Å². The molecule has 0 unspecified atom stereocenters. The highest BCUT2D eigenvalue weighted by atomic mass is 16.6. The van der Waals surface area contributed by atoms with E-state index in [2.05, 4.69) is 10.3 Å². The minimum Gasteiger partial charge on any atom is -0.467 e. The SMILES string of the molecule is CC(=O)c1cccc(NC(=O)[C@H](Oc2cccnc2[N+](=O)[O-])c2ccccc2)c1. The second-order valence-corrected chi connectivity index (χ2v) is 6.12. The zero-order valence-corrected chi connectivity index (χ0v) is 15.4. The van der Waals surface area contributed by atoms with Gasteiger partial charge in [-0.2, -0.15) is 0 Å². The number of aromatic nitrogens is 1. The summed E-state index contributed by atoms with van der Waals surface area (Å²) in [5.41, 5.74) is 1.36. The summed E-state index contributed by atoms with van der Waals surface area (Å²) in [7, 11) is 0. The summed E-state index contributed by atoms with van der Waals surface area (Å²) >= 11 is 0. The number of hydrogen-bond donors (Lipinski definition) is 1. The number of carbonyl (C=O) groups is 2. The maximum Gasteiger partial charge on any atom is 0.406 e. The van der Waals surface area contributed by atoms with E-state index in [9.17, 15) is 19.7 Å². The van der Waals surface area contributed by atoms with Gasteiger partial charge >= 0.3 is 5.82 Å². The van der Waals surface area contributed by atoms with Gasteiger partial charge in [0, 0.05) is 16.8 Å². The number of Topliss-reactive ketones (excluding diaryl/α,β-unsaturated/α-hetero) is 1. The van der Waals surface area contributed by atoms with Crippen molar-refractivity contribution >= 4 is 23.2 Å². The zero-order chi connectivity index (χ0) is 20.8. The Morgan fingerprint density at radius 3 is 2.52 bits per heavy atom. The Labute approximate surface area is 166 Å². The lowest BCUT2D eigenvalue weighted by molar-refractivity contribution is -0.390. The Balaban J connectivity index is 1.92. The molecule has 0 bridgehead atoms. The van der Waals surface area contributed by atoms with E-state index < -0.39 is 22.8 Å². The number of hydrogen-bond acceptors (Lipinski definition) is 6. The lowest BCUT2D eigenvalue weighted by Crippen LogP contribution is -2.26. The van der Waals surface area contributed by atoms with Crippen LogP contribution in [-0.4, -0.2) is 21.6 Å². The second kappa shape index (κ2) is 8.75. The molecule has 0 saturated heterocycles. The van der Waals surface area contributed by atoms with Crippen molar-refractivity contribution in [3.05, 3.63) is 94.2 Å². The minimum absolute atomic E-state index is 0.126. The quantitative estimate of drug-likeness (QED) is 0.371. The van der Waals surface area contributed by atoms with Gasteiger partial charge in [-0.15, -0.1) is 0 Å². The molecule has 1 heterocycles. The van der Waals surface area contributed by atoms with Gasteiger partial charge in [-0.25, -0.2) is 0 Å². The Morgan fingerprint density at radius 2 is 1.83 bits per heavy atom. The molecule has 0 spiro atoms. The maximum atomic E-state index is 13.0. The summed E-state index contributed by atoms with van der Waals surface area (Å²) in [5, 5.41) is 13.9. The number of benzene rings is 2. The highest BCUT2D eigenvalue weighted by molar-refractivity contribution is 5.98. The number of amides is 1. The van der Waals surface area contributed by atoms with Gasteiger partial charge in [-0.3, -0.25) is 9.59 Å². The first-order valence-corrected chi connectivity index (χ1v) is 8.68. The fourth-order valence-electron chi connectivity index (χ4n) is 2.66. The molecule has 8 nitrogen and oxygen atoms in total. The molecule has 29 heavy (non-hydrogen) atoms. The van der Waals surface area contributed by atoms with Crippen molar-refractivity contribution < 1.29 is 19.2 Å². The van der Waals surface area contributed by atoms with Crippen LogP contribution in [0.4, 0.5) is 11.5 Å². The molecule has 3 aromatic rings. The first kappa shape index (κ1) is 19.7. The van der Waals surface area contributed by atoms with Crippen LogP contribution in [0.15, 0.2) is 72.9 Å². The van der Waals surface area contributed by atoms with Crippen molar-refractivity contribution in [3.63, 3.8) is 0 Å². The number of rotatable bonds is 7. The Bertz CT molecular complexity index is 1050.